The van der Waals surface area contributed by atoms with Gasteiger partial charge in [0.1, 0.15) is 28.4 Å². The Bertz CT molecular complexity index is 1540. The van der Waals surface area contributed by atoms with Gasteiger partial charge in [-0.15, -0.1) is 0 Å². The predicted molar refractivity (Wildman–Crippen MR) is 131 cm³/mol. The fraction of sp³-hybridized carbons (Fsp3) is 0.148. The second-order valence-corrected chi connectivity index (χ2v) is 8.96. The Hall–Kier alpha value is -4.17. The first kappa shape index (κ1) is 23.6. The Morgan fingerprint density at radius 3 is 2.44 bits per heavy atom. The number of furan rings is 1. The van der Waals surface area contributed by atoms with Crippen molar-refractivity contribution in [1.82, 2.24) is 5.32 Å². The highest BCUT2D eigenvalue weighted by atomic mass is 35.5. The number of nitrogens with one attached hydrogen (secondary N) is 1. The number of hydrogen-bond donors (Lipinski definition) is 2. The number of carbonyl (C=O) groups is 3. The first-order valence-electron chi connectivity index (χ1n) is 11.0. The minimum Gasteiger partial charge on any atom is -0.507 e. The van der Waals surface area contributed by atoms with E-state index in [-0.39, 0.29) is 21.9 Å². The van der Waals surface area contributed by atoms with Crippen LogP contribution in [-0.4, -0.2) is 35.9 Å². The van der Waals surface area contributed by atoms with E-state index < -0.39 is 23.2 Å². The van der Waals surface area contributed by atoms with Gasteiger partial charge < -0.3 is 19.6 Å². The summed E-state index contributed by atoms with van der Waals surface area (Å²) in [5.74, 6) is -1.66. The maximum atomic E-state index is 13.4. The maximum Gasteiger partial charge on any atom is 0.331 e. The van der Waals surface area contributed by atoms with Gasteiger partial charge in [0.2, 0.25) is 0 Å². The lowest BCUT2D eigenvalue weighted by atomic mass is 9.98. The molecule has 1 heterocycles. The van der Waals surface area contributed by atoms with E-state index in [4.69, 9.17) is 20.8 Å². The summed E-state index contributed by atoms with van der Waals surface area (Å²) < 4.78 is 24.0. The van der Waals surface area contributed by atoms with Crippen molar-refractivity contribution in [1.29, 1.82) is 0 Å². The van der Waals surface area contributed by atoms with Crippen molar-refractivity contribution in [2.45, 2.75) is 18.4 Å². The van der Waals surface area contributed by atoms with E-state index in [0.717, 1.165) is 0 Å². The van der Waals surface area contributed by atoms with Gasteiger partial charge in [-0.05, 0) is 66.9 Å². The summed E-state index contributed by atoms with van der Waals surface area (Å²) >= 11 is 6.41. The standard InChI is InChI=1S/C27H19ClFNO6/c1-35-26(34)27(8-9-27)30-25(33)19-11-17(21(28)12-22(19)32)15-4-7-23-18(10-15)20(13-31)24(36-23)14-2-5-16(29)6-3-14/h2-7,10-13,32H,8-9H2,1H3,(H,30,33). The third-order valence-electron chi connectivity index (χ3n) is 6.27. The molecule has 0 unspecified atom stereocenters. The number of phenolic OH excluding ortho intramolecular Hbond substituents is 1. The predicted octanol–water partition coefficient (Wildman–Crippen LogP) is 5.51. The molecule has 36 heavy (non-hydrogen) atoms. The lowest BCUT2D eigenvalue weighted by Crippen LogP contribution is -2.43. The molecule has 0 saturated heterocycles. The Kier molecular flexibility index (Phi) is 5.76. The summed E-state index contributed by atoms with van der Waals surface area (Å²) in [6, 6.07) is 13.3. The molecule has 1 amide bonds. The molecule has 0 spiro atoms. The second kappa shape index (κ2) is 8.80. The number of aldehydes is 1. The minimum atomic E-state index is -1.09. The van der Waals surface area contributed by atoms with Crippen LogP contribution in [0.2, 0.25) is 5.02 Å². The molecule has 182 valence electrons. The van der Waals surface area contributed by atoms with Gasteiger partial charge in [0, 0.05) is 16.5 Å². The molecule has 0 radical (unpaired) electrons. The summed E-state index contributed by atoms with van der Waals surface area (Å²) in [5, 5.41) is 13.7. The molecule has 1 saturated carbocycles. The third-order valence-corrected chi connectivity index (χ3v) is 6.58. The lowest BCUT2D eigenvalue weighted by molar-refractivity contribution is -0.144. The van der Waals surface area contributed by atoms with E-state index in [2.05, 4.69) is 5.32 Å². The van der Waals surface area contributed by atoms with Crippen molar-refractivity contribution in [2.75, 3.05) is 7.11 Å². The van der Waals surface area contributed by atoms with Crippen LogP contribution in [0.15, 0.2) is 59.0 Å². The zero-order chi connectivity index (χ0) is 25.6. The van der Waals surface area contributed by atoms with Crippen LogP contribution in [0.3, 0.4) is 0 Å². The van der Waals surface area contributed by atoms with Crippen LogP contribution in [-0.2, 0) is 9.53 Å². The molecule has 3 aromatic carbocycles. The largest absolute Gasteiger partial charge is 0.507 e. The molecule has 0 atom stereocenters. The Balaban J connectivity index is 1.56. The number of phenols is 1. The van der Waals surface area contributed by atoms with Gasteiger partial charge in [0.25, 0.3) is 5.91 Å². The second-order valence-electron chi connectivity index (χ2n) is 8.56. The first-order valence-corrected chi connectivity index (χ1v) is 11.4. The average Bonchev–Trinajstić information content (AvgIpc) is 3.55. The van der Waals surface area contributed by atoms with E-state index >= 15 is 0 Å². The number of hydrogen-bond acceptors (Lipinski definition) is 6. The molecule has 1 aliphatic carbocycles. The van der Waals surface area contributed by atoms with Gasteiger partial charge >= 0.3 is 5.97 Å². The van der Waals surface area contributed by atoms with Gasteiger partial charge in [-0.25, -0.2) is 9.18 Å². The monoisotopic (exact) mass is 507 g/mol. The SMILES string of the molecule is COC(=O)C1(NC(=O)c2cc(-c3ccc4oc(-c5ccc(F)cc5)c(C=O)c4c3)c(Cl)cc2O)CC1. The number of carbonyl (C=O) groups excluding carboxylic acids is 3. The van der Waals surface area contributed by atoms with Crippen molar-refractivity contribution < 1.29 is 33.0 Å². The number of rotatable bonds is 6. The van der Waals surface area contributed by atoms with Crippen LogP contribution >= 0.6 is 11.6 Å². The third kappa shape index (κ3) is 3.99. The van der Waals surface area contributed by atoms with E-state index in [1.165, 1.54) is 43.5 Å². The molecular weight excluding hydrogens is 489 g/mol. The molecule has 7 nitrogen and oxygen atoms in total. The van der Waals surface area contributed by atoms with Crippen LogP contribution in [0.1, 0.15) is 33.6 Å². The highest BCUT2D eigenvalue weighted by Crippen LogP contribution is 2.40. The number of amides is 1. The van der Waals surface area contributed by atoms with Gasteiger partial charge in [0.15, 0.2) is 6.29 Å². The van der Waals surface area contributed by atoms with Gasteiger partial charge in [0.05, 0.1) is 23.3 Å². The zero-order valence-electron chi connectivity index (χ0n) is 18.9. The summed E-state index contributed by atoms with van der Waals surface area (Å²) in [6.45, 7) is 0. The summed E-state index contributed by atoms with van der Waals surface area (Å²) in [4.78, 5) is 36.9. The van der Waals surface area contributed by atoms with E-state index in [9.17, 15) is 23.9 Å². The molecule has 4 aromatic rings. The fourth-order valence-corrected chi connectivity index (χ4v) is 4.43. The van der Waals surface area contributed by atoms with Crippen molar-refractivity contribution in [3.63, 3.8) is 0 Å². The number of esters is 1. The number of ether oxygens (including phenoxy) is 1. The van der Waals surface area contributed by atoms with Gasteiger partial charge in [-0.1, -0.05) is 17.7 Å². The zero-order valence-corrected chi connectivity index (χ0v) is 19.7. The normalized spacial score (nSPS) is 13.9. The molecule has 2 N–H and O–H groups in total. The topological polar surface area (TPSA) is 106 Å². The lowest BCUT2D eigenvalue weighted by Gasteiger charge is -2.16. The number of fused-ring (bicyclic) bond motifs is 1. The highest BCUT2D eigenvalue weighted by Gasteiger charge is 2.52. The van der Waals surface area contributed by atoms with Crippen molar-refractivity contribution >= 4 is 40.7 Å². The number of methoxy groups -OCH3 is 1. The summed E-state index contributed by atoms with van der Waals surface area (Å²) in [7, 11) is 1.24. The van der Waals surface area contributed by atoms with Crippen LogP contribution < -0.4 is 5.32 Å². The number of halogens is 2. The minimum absolute atomic E-state index is 0.0699. The summed E-state index contributed by atoms with van der Waals surface area (Å²) in [6.07, 6.45) is 1.54. The number of benzene rings is 3. The van der Waals surface area contributed by atoms with Crippen LogP contribution in [0.4, 0.5) is 4.39 Å². The van der Waals surface area contributed by atoms with Crippen molar-refractivity contribution in [3.05, 3.63) is 76.6 Å². The Morgan fingerprint density at radius 2 is 1.81 bits per heavy atom. The first-order chi connectivity index (χ1) is 17.3. The fourth-order valence-electron chi connectivity index (χ4n) is 4.17. The smallest absolute Gasteiger partial charge is 0.331 e. The van der Waals surface area contributed by atoms with E-state index in [0.29, 0.717) is 52.5 Å². The molecule has 1 aromatic heterocycles. The van der Waals surface area contributed by atoms with Crippen LogP contribution in [0, 0.1) is 5.82 Å². The summed E-state index contributed by atoms with van der Waals surface area (Å²) in [5.41, 5.74) is 1.07. The van der Waals surface area contributed by atoms with Crippen molar-refractivity contribution in [2.24, 2.45) is 0 Å². The quantitative estimate of drug-likeness (QED) is 0.263. The van der Waals surface area contributed by atoms with Crippen LogP contribution in [0.25, 0.3) is 33.4 Å². The molecule has 0 aliphatic heterocycles. The number of aromatic hydroxyl groups is 1. The molecule has 5 rings (SSSR count). The van der Waals surface area contributed by atoms with Gasteiger partial charge in [-0.3, -0.25) is 9.59 Å². The maximum absolute atomic E-state index is 13.4. The molecular formula is C27H19ClFNO6. The van der Waals surface area contributed by atoms with Crippen molar-refractivity contribution in [3.8, 4) is 28.2 Å². The van der Waals surface area contributed by atoms with E-state index in [1.54, 1.807) is 18.2 Å². The Morgan fingerprint density at radius 1 is 1.11 bits per heavy atom. The molecule has 1 aliphatic rings. The highest BCUT2D eigenvalue weighted by molar-refractivity contribution is 6.33. The Labute approximate surface area is 209 Å². The molecule has 9 heteroatoms. The average molecular weight is 508 g/mol. The van der Waals surface area contributed by atoms with E-state index in [1.807, 2.05) is 0 Å². The molecule has 1 fully saturated rings. The molecule has 0 bridgehead atoms. The van der Waals surface area contributed by atoms with Gasteiger partial charge in [-0.2, -0.15) is 0 Å². The van der Waals surface area contributed by atoms with Crippen LogP contribution in [0.5, 0.6) is 5.75 Å².